The van der Waals surface area contributed by atoms with Gasteiger partial charge in [-0.1, -0.05) is 53.5 Å². The third kappa shape index (κ3) is 9.07. The highest BCUT2D eigenvalue weighted by atomic mass is 35.5. The Morgan fingerprint density at radius 3 is 2.05 bits per heavy atom. The van der Waals surface area contributed by atoms with Crippen molar-refractivity contribution in [3.05, 3.63) is 129 Å². The van der Waals surface area contributed by atoms with Gasteiger partial charge in [0.2, 0.25) is 5.91 Å². The number of halogens is 2. The van der Waals surface area contributed by atoms with Gasteiger partial charge in [-0.05, 0) is 77.2 Å². The highest BCUT2D eigenvalue weighted by Gasteiger charge is 2.32. The van der Waals surface area contributed by atoms with Crippen molar-refractivity contribution in [1.29, 1.82) is 0 Å². The first-order valence-corrected chi connectivity index (χ1v) is 21.6. The average Bonchev–Trinajstić information content (AvgIpc) is 3.61. The van der Waals surface area contributed by atoms with E-state index >= 15 is 0 Å². The molecule has 4 aromatic carbocycles. The molecular formula is C39H35Cl2N3O10S2. The molecule has 1 aliphatic rings. The monoisotopic (exact) mass is 839 g/mol. The van der Waals surface area contributed by atoms with E-state index in [1.54, 1.807) is 35.2 Å². The fourth-order valence-electron chi connectivity index (χ4n) is 6.49. The molecule has 292 valence electrons. The van der Waals surface area contributed by atoms with Crippen LogP contribution in [0.1, 0.15) is 43.0 Å². The van der Waals surface area contributed by atoms with Crippen molar-refractivity contribution in [3.8, 4) is 0 Å². The normalized spacial score (nSPS) is 14.1. The van der Waals surface area contributed by atoms with E-state index in [0.717, 1.165) is 17.9 Å². The van der Waals surface area contributed by atoms with Crippen molar-refractivity contribution >= 4 is 77.5 Å². The SMILES string of the molecule is CS(=O)(=O)c1cccc(C[C@H](NC(=O)[C@H](Cc2cccc(S(C)(=O)=O)c2)NC(=O)c2c(Cl)cc3c(c2Cl)CCN(C(=O)c2ccc4ccoc4c2)C3)C(=O)O)c1. The lowest BCUT2D eigenvalue weighted by Crippen LogP contribution is -2.53. The second-order valence-corrected chi connectivity index (χ2v) is 18.3. The number of fused-ring (bicyclic) bond motifs is 2. The molecule has 2 heterocycles. The zero-order valence-corrected chi connectivity index (χ0v) is 33.1. The number of aliphatic carboxylic acids is 1. The number of amides is 3. The molecule has 0 unspecified atom stereocenters. The van der Waals surface area contributed by atoms with Gasteiger partial charge < -0.3 is 25.1 Å². The standard InChI is InChI=1S/C39H35Cl2N3O10S2/c1-55(50,51)27-7-3-5-22(15-27)17-31(36(45)43-32(39(48)49)18-23-6-4-8-28(16-23)56(2,52)53)42-37(46)34-30(40)19-26-21-44(13-11-29(26)35(34)41)38(47)25-10-9-24-12-14-54-33(24)20-25/h3-10,12,14-16,19-20,31-32H,11,13,17-18,21H2,1-2H3,(H,42,46)(H,43,45)(H,48,49)/t31-,32-/m0/s1. The van der Waals surface area contributed by atoms with E-state index in [2.05, 4.69) is 10.6 Å². The minimum Gasteiger partial charge on any atom is -0.480 e. The Kier molecular flexibility index (Phi) is 11.6. The summed E-state index contributed by atoms with van der Waals surface area (Å²) in [5, 5.41) is 15.9. The molecule has 3 N–H and O–H groups in total. The number of nitrogens with zero attached hydrogens (tertiary/aromatic N) is 1. The number of carbonyl (C=O) groups excluding carboxylic acids is 3. The van der Waals surface area contributed by atoms with E-state index in [9.17, 15) is 41.1 Å². The van der Waals surface area contributed by atoms with E-state index in [1.807, 2.05) is 0 Å². The highest BCUT2D eigenvalue weighted by Crippen LogP contribution is 2.35. The smallest absolute Gasteiger partial charge is 0.326 e. The average molecular weight is 841 g/mol. The lowest BCUT2D eigenvalue weighted by molar-refractivity contribution is -0.142. The van der Waals surface area contributed by atoms with Gasteiger partial charge >= 0.3 is 5.97 Å². The van der Waals surface area contributed by atoms with Crippen molar-refractivity contribution in [2.24, 2.45) is 0 Å². The van der Waals surface area contributed by atoms with Crippen molar-refractivity contribution < 1.29 is 45.5 Å². The summed E-state index contributed by atoms with van der Waals surface area (Å²) < 4.78 is 54.2. The van der Waals surface area contributed by atoms with Crippen LogP contribution in [0.5, 0.6) is 0 Å². The summed E-state index contributed by atoms with van der Waals surface area (Å²) in [5.74, 6) is -3.45. The Balaban J connectivity index is 1.26. The fourth-order valence-corrected chi connectivity index (χ4v) is 8.64. The first kappa shape index (κ1) is 40.4. The number of carbonyl (C=O) groups is 4. The van der Waals surface area contributed by atoms with Gasteiger partial charge in [0.15, 0.2) is 19.7 Å². The van der Waals surface area contributed by atoms with Crippen LogP contribution in [-0.4, -0.2) is 81.7 Å². The maximum Gasteiger partial charge on any atom is 0.326 e. The van der Waals surface area contributed by atoms with Gasteiger partial charge in [0.1, 0.15) is 17.7 Å². The first-order valence-electron chi connectivity index (χ1n) is 17.1. The van der Waals surface area contributed by atoms with Crippen molar-refractivity contribution in [3.63, 3.8) is 0 Å². The van der Waals surface area contributed by atoms with E-state index in [1.165, 1.54) is 54.8 Å². The maximum absolute atomic E-state index is 14.0. The molecule has 0 aliphatic carbocycles. The lowest BCUT2D eigenvalue weighted by Gasteiger charge is -2.30. The topological polar surface area (TPSA) is 197 Å². The van der Waals surface area contributed by atoms with E-state index in [4.69, 9.17) is 27.6 Å². The van der Waals surface area contributed by atoms with Gasteiger partial charge in [-0.15, -0.1) is 0 Å². The third-order valence-corrected chi connectivity index (χ3v) is 12.3. The molecule has 0 fully saturated rings. The third-order valence-electron chi connectivity index (χ3n) is 9.39. The zero-order chi connectivity index (χ0) is 40.5. The summed E-state index contributed by atoms with van der Waals surface area (Å²) in [7, 11) is -7.26. The van der Waals surface area contributed by atoms with Gasteiger partial charge in [0.05, 0.1) is 31.7 Å². The van der Waals surface area contributed by atoms with Gasteiger partial charge in [0, 0.05) is 49.4 Å². The molecule has 0 bridgehead atoms. The molecule has 17 heteroatoms. The second kappa shape index (κ2) is 16.1. The Morgan fingerprint density at radius 2 is 1.45 bits per heavy atom. The van der Waals surface area contributed by atoms with Crippen LogP contribution in [0.15, 0.2) is 99.3 Å². The molecule has 1 aliphatic heterocycles. The summed E-state index contributed by atoms with van der Waals surface area (Å²) in [6.07, 6.45) is 3.28. The Morgan fingerprint density at radius 1 is 0.821 bits per heavy atom. The van der Waals surface area contributed by atoms with E-state index < -0.39 is 49.5 Å². The number of nitrogens with one attached hydrogen (secondary N) is 2. The zero-order valence-electron chi connectivity index (χ0n) is 29.9. The summed E-state index contributed by atoms with van der Waals surface area (Å²) in [4.78, 5) is 55.2. The van der Waals surface area contributed by atoms with Crippen LogP contribution in [0.2, 0.25) is 10.0 Å². The van der Waals surface area contributed by atoms with Crippen LogP contribution in [0, 0.1) is 0 Å². The minimum absolute atomic E-state index is 0.0153. The van der Waals surface area contributed by atoms with Crippen LogP contribution in [-0.2, 0) is 55.1 Å². The lowest BCUT2D eigenvalue weighted by atomic mass is 9.95. The van der Waals surface area contributed by atoms with Crippen LogP contribution in [0.4, 0.5) is 0 Å². The molecule has 5 aromatic rings. The molecule has 56 heavy (non-hydrogen) atoms. The Labute approximate surface area is 332 Å². The minimum atomic E-state index is -3.65. The van der Waals surface area contributed by atoms with E-state index in [-0.39, 0.29) is 63.7 Å². The molecule has 6 rings (SSSR count). The van der Waals surface area contributed by atoms with Gasteiger partial charge in [-0.3, -0.25) is 14.4 Å². The fraction of sp³-hybridized carbons (Fsp3) is 0.231. The van der Waals surface area contributed by atoms with E-state index in [0.29, 0.717) is 33.4 Å². The molecule has 0 radical (unpaired) electrons. The molecule has 0 saturated heterocycles. The highest BCUT2D eigenvalue weighted by molar-refractivity contribution is 7.91. The molecule has 0 saturated carbocycles. The number of benzene rings is 4. The Bertz CT molecular complexity index is 2630. The molecule has 3 amide bonds. The van der Waals surface area contributed by atoms with Crippen molar-refractivity contribution in [2.75, 3.05) is 19.1 Å². The van der Waals surface area contributed by atoms with Crippen LogP contribution in [0.25, 0.3) is 11.0 Å². The number of carboxylic acid groups (broad SMARTS) is 1. The predicted molar refractivity (Wildman–Crippen MR) is 208 cm³/mol. The summed E-state index contributed by atoms with van der Waals surface area (Å²) >= 11 is 13.5. The van der Waals surface area contributed by atoms with Crippen molar-refractivity contribution in [2.45, 2.75) is 47.7 Å². The molecule has 1 aromatic heterocycles. The largest absolute Gasteiger partial charge is 0.480 e. The van der Waals surface area contributed by atoms with Gasteiger partial charge in [-0.25, -0.2) is 21.6 Å². The van der Waals surface area contributed by atoms with Crippen LogP contribution < -0.4 is 10.6 Å². The van der Waals surface area contributed by atoms with Gasteiger partial charge in [-0.2, -0.15) is 0 Å². The summed E-state index contributed by atoms with van der Waals surface area (Å²) in [6, 6.07) is 16.8. The number of hydrogen-bond acceptors (Lipinski definition) is 9. The first-order chi connectivity index (χ1) is 26.4. The number of sulfone groups is 2. The Hall–Kier alpha value is -5.22. The number of hydrogen-bond donors (Lipinski definition) is 3. The number of carboxylic acids is 1. The molecular weight excluding hydrogens is 805 g/mol. The number of rotatable bonds is 12. The van der Waals surface area contributed by atoms with Crippen LogP contribution >= 0.6 is 23.2 Å². The molecule has 2 atom stereocenters. The molecule has 0 spiro atoms. The van der Waals surface area contributed by atoms with Gasteiger partial charge in [0.25, 0.3) is 11.8 Å². The maximum atomic E-state index is 14.0. The molecule has 13 nitrogen and oxygen atoms in total. The summed E-state index contributed by atoms with van der Waals surface area (Å²) in [6.45, 7) is 0.424. The predicted octanol–water partition coefficient (Wildman–Crippen LogP) is 4.90. The van der Waals surface area contributed by atoms with Crippen molar-refractivity contribution in [1.82, 2.24) is 15.5 Å². The quantitative estimate of drug-likeness (QED) is 0.156. The van der Waals surface area contributed by atoms with Crippen LogP contribution in [0.3, 0.4) is 0 Å². The summed E-state index contributed by atoms with van der Waals surface area (Å²) in [5.41, 5.74) is 2.70. The second-order valence-electron chi connectivity index (χ2n) is 13.5. The number of furan rings is 1.